The first-order valence-corrected chi connectivity index (χ1v) is 8.77. The molecule has 3 aromatic rings. The zero-order valence-corrected chi connectivity index (χ0v) is 15.5. The van der Waals surface area contributed by atoms with Gasteiger partial charge in [-0.15, -0.1) is 10.2 Å². The Morgan fingerprint density at radius 3 is 2.58 bits per heavy atom. The van der Waals surface area contributed by atoms with Crippen molar-refractivity contribution in [2.75, 3.05) is 11.9 Å². The molecule has 24 heavy (non-hydrogen) atoms. The molecule has 0 unspecified atom stereocenters. The van der Waals surface area contributed by atoms with Crippen LogP contribution in [0.2, 0.25) is 5.02 Å². The molecule has 0 bridgehead atoms. The van der Waals surface area contributed by atoms with E-state index in [2.05, 4.69) is 26.1 Å². The van der Waals surface area contributed by atoms with Gasteiger partial charge < -0.3 is 0 Å². The Morgan fingerprint density at radius 2 is 1.92 bits per heavy atom. The van der Waals surface area contributed by atoms with Crippen molar-refractivity contribution >= 4 is 49.9 Å². The fourth-order valence-corrected chi connectivity index (χ4v) is 3.34. The molecule has 0 fully saturated rings. The van der Waals surface area contributed by atoms with Crippen molar-refractivity contribution in [3.05, 3.63) is 63.3 Å². The summed E-state index contributed by atoms with van der Waals surface area (Å²) in [4.78, 5) is 13.8. The molecule has 0 atom stereocenters. The number of amides is 1. The average molecular weight is 427 g/mol. The smallest absolute Gasteiger partial charge is 0.264 e. The maximum atomic E-state index is 13.9. The van der Waals surface area contributed by atoms with Crippen LogP contribution in [0, 0.1) is 5.82 Å². The van der Waals surface area contributed by atoms with Crippen LogP contribution in [0.15, 0.2) is 46.9 Å². The van der Waals surface area contributed by atoms with E-state index in [0.29, 0.717) is 10.1 Å². The molecule has 0 N–H and O–H groups in total. The molecular weight excluding hydrogens is 417 g/mol. The van der Waals surface area contributed by atoms with E-state index in [9.17, 15) is 9.18 Å². The molecule has 0 saturated heterocycles. The van der Waals surface area contributed by atoms with E-state index in [0.717, 1.165) is 10.0 Å². The molecule has 2 aromatic carbocycles. The van der Waals surface area contributed by atoms with Gasteiger partial charge in [-0.2, -0.15) is 0 Å². The van der Waals surface area contributed by atoms with Crippen molar-refractivity contribution < 1.29 is 9.18 Å². The lowest BCUT2D eigenvalue weighted by Crippen LogP contribution is -2.27. The second kappa shape index (κ2) is 6.96. The van der Waals surface area contributed by atoms with Crippen LogP contribution in [0.1, 0.15) is 10.4 Å². The SMILES string of the molecule is CN(C(=O)c1c(F)cccc1Cl)c1nnc(-c2ccc(Br)cc2)s1. The summed E-state index contributed by atoms with van der Waals surface area (Å²) in [6, 6.07) is 11.7. The van der Waals surface area contributed by atoms with E-state index in [1.165, 1.54) is 41.5 Å². The molecule has 1 amide bonds. The van der Waals surface area contributed by atoms with Crippen molar-refractivity contribution in [3.63, 3.8) is 0 Å². The molecule has 4 nitrogen and oxygen atoms in total. The van der Waals surface area contributed by atoms with E-state index in [-0.39, 0.29) is 10.6 Å². The summed E-state index contributed by atoms with van der Waals surface area (Å²) in [5, 5.41) is 9.19. The van der Waals surface area contributed by atoms with E-state index in [1.807, 2.05) is 24.3 Å². The highest BCUT2D eigenvalue weighted by molar-refractivity contribution is 9.10. The molecule has 0 radical (unpaired) electrons. The minimum Gasteiger partial charge on any atom is -0.286 e. The highest BCUT2D eigenvalue weighted by Gasteiger charge is 2.23. The number of anilines is 1. The van der Waals surface area contributed by atoms with Crippen LogP contribution in [0.25, 0.3) is 10.6 Å². The van der Waals surface area contributed by atoms with Gasteiger partial charge in [0.15, 0.2) is 0 Å². The van der Waals surface area contributed by atoms with Crippen molar-refractivity contribution in [2.45, 2.75) is 0 Å². The molecule has 8 heteroatoms. The van der Waals surface area contributed by atoms with Crippen molar-refractivity contribution in [1.82, 2.24) is 10.2 Å². The minimum atomic E-state index is -0.669. The molecule has 0 aliphatic carbocycles. The van der Waals surface area contributed by atoms with Crippen LogP contribution >= 0.6 is 38.9 Å². The van der Waals surface area contributed by atoms with Crippen LogP contribution in [0.4, 0.5) is 9.52 Å². The average Bonchev–Trinajstić information content (AvgIpc) is 3.04. The maximum absolute atomic E-state index is 13.9. The second-order valence-corrected chi connectivity index (χ2v) is 7.14. The second-order valence-electron chi connectivity index (χ2n) is 4.86. The van der Waals surface area contributed by atoms with Crippen molar-refractivity contribution in [2.24, 2.45) is 0 Å². The number of hydrogen-bond donors (Lipinski definition) is 0. The maximum Gasteiger partial charge on any atom is 0.264 e. The summed E-state index contributed by atoms with van der Waals surface area (Å²) in [6.07, 6.45) is 0. The number of benzene rings is 2. The lowest BCUT2D eigenvalue weighted by Gasteiger charge is -2.14. The largest absolute Gasteiger partial charge is 0.286 e. The molecule has 1 heterocycles. The Morgan fingerprint density at radius 1 is 1.21 bits per heavy atom. The Kier molecular flexibility index (Phi) is 4.93. The summed E-state index contributed by atoms with van der Waals surface area (Å²) in [6.45, 7) is 0. The number of carbonyl (C=O) groups is 1. The Balaban J connectivity index is 1.89. The first-order valence-electron chi connectivity index (χ1n) is 6.79. The van der Waals surface area contributed by atoms with Crippen LogP contribution in [0.3, 0.4) is 0 Å². The van der Waals surface area contributed by atoms with Crippen LogP contribution in [-0.2, 0) is 0 Å². The zero-order valence-electron chi connectivity index (χ0n) is 12.3. The van der Waals surface area contributed by atoms with Crippen molar-refractivity contribution in [1.29, 1.82) is 0 Å². The summed E-state index contributed by atoms with van der Waals surface area (Å²) >= 11 is 10.6. The third kappa shape index (κ3) is 3.33. The topological polar surface area (TPSA) is 46.1 Å². The van der Waals surface area contributed by atoms with Gasteiger partial charge in [0.2, 0.25) is 5.13 Å². The summed E-state index contributed by atoms with van der Waals surface area (Å²) in [5.74, 6) is -1.24. The monoisotopic (exact) mass is 425 g/mol. The van der Waals surface area contributed by atoms with Gasteiger partial charge in [0.05, 0.1) is 10.6 Å². The van der Waals surface area contributed by atoms with Gasteiger partial charge in [-0.3, -0.25) is 9.69 Å². The third-order valence-electron chi connectivity index (χ3n) is 3.27. The van der Waals surface area contributed by atoms with E-state index in [4.69, 9.17) is 11.6 Å². The van der Waals surface area contributed by atoms with E-state index >= 15 is 0 Å². The summed E-state index contributed by atoms with van der Waals surface area (Å²) in [5.41, 5.74) is 0.703. The lowest BCUT2D eigenvalue weighted by molar-refractivity contribution is 0.0989. The third-order valence-corrected chi connectivity index (χ3v) is 5.17. The Bertz CT molecular complexity index is 880. The number of carbonyl (C=O) groups excluding carboxylic acids is 1. The molecule has 122 valence electrons. The molecule has 0 saturated carbocycles. The van der Waals surface area contributed by atoms with Gasteiger partial charge in [-0.1, -0.05) is 57.1 Å². The first-order chi connectivity index (χ1) is 11.5. The van der Waals surface area contributed by atoms with Crippen LogP contribution in [-0.4, -0.2) is 23.2 Å². The van der Waals surface area contributed by atoms with Crippen molar-refractivity contribution in [3.8, 4) is 10.6 Å². The Hall–Kier alpha value is -1.83. The number of hydrogen-bond acceptors (Lipinski definition) is 4. The van der Waals surface area contributed by atoms with Gasteiger partial charge in [0, 0.05) is 17.1 Å². The molecule has 0 aliphatic rings. The normalized spacial score (nSPS) is 10.7. The standard InChI is InChI=1S/C16H10BrClFN3OS/c1-22(15(23)13-11(18)3-2-4-12(13)19)16-21-20-14(24-16)9-5-7-10(17)8-6-9/h2-8H,1H3. The fraction of sp³-hybridized carbons (Fsp3) is 0.0625. The number of aromatic nitrogens is 2. The summed E-state index contributed by atoms with van der Waals surface area (Å²) < 4.78 is 14.9. The zero-order chi connectivity index (χ0) is 17.3. The van der Waals surface area contributed by atoms with Gasteiger partial charge in [-0.05, 0) is 24.3 Å². The van der Waals surface area contributed by atoms with Crippen LogP contribution < -0.4 is 4.90 Å². The predicted octanol–water partition coefficient (Wildman–Crippen LogP) is 5.04. The van der Waals surface area contributed by atoms with Gasteiger partial charge >= 0.3 is 0 Å². The number of nitrogens with zero attached hydrogens (tertiary/aromatic N) is 3. The Labute approximate surface area is 155 Å². The van der Waals surface area contributed by atoms with Gasteiger partial charge in [0.25, 0.3) is 5.91 Å². The summed E-state index contributed by atoms with van der Waals surface area (Å²) in [7, 11) is 1.51. The molecule has 3 rings (SSSR count). The quantitative estimate of drug-likeness (QED) is 0.589. The van der Waals surface area contributed by atoms with Gasteiger partial charge in [0.1, 0.15) is 10.8 Å². The lowest BCUT2D eigenvalue weighted by atomic mass is 10.2. The molecule has 0 aliphatic heterocycles. The molecule has 1 aromatic heterocycles. The number of rotatable bonds is 3. The molecule has 0 spiro atoms. The number of halogens is 3. The van der Waals surface area contributed by atoms with Gasteiger partial charge in [-0.25, -0.2) is 4.39 Å². The fourth-order valence-electron chi connectivity index (χ4n) is 2.02. The van der Waals surface area contributed by atoms with E-state index < -0.39 is 11.7 Å². The molecular formula is C16H10BrClFN3OS. The minimum absolute atomic E-state index is 0.0597. The van der Waals surface area contributed by atoms with E-state index in [1.54, 1.807) is 0 Å². The first kappa shape index (κ1) is 17.0. The van der Waals surface area contributed by atoms with Crippen LogP contribution in [0.5, 0.6) is 0 Å². The highest BCUT2D eigenvalue weighted by Crippen LogP contribution is 2.30. The highest BCUT2D eigenvalue weighted by atomic mass is 79.9. The predicted molar refractivity (Wildman–Crippen MR) is 97.2 cm³/mol.